The molecule has 18 heavy (non-hydrogen) atoms. The minimum absolute atomic E-state index is 0.137. The van der Waals surface area contributed by atoms with Crippen molar-refractivity contribution in [2.45, 2.75) is 40.2 Å². The van der Waals surface area contributed by atoms with Crippen molar-refractivity contribution in [3.63, 3.8) is 0 Å². The summed E-state index contributed by atoms with van der Waals surface area (Å²) in [4.78, 5) is 11.7. The lowest BCUT2D eigenvalue weighted by molar-refractivity contribution is -0.115. The van der Waals surface area contributed by atoms with Gasteiger partial charge in [0.25, 0.3) is 0 Å². The number of carbonyl (C=O) groups is 1. The third-order valence-electron chi connectivity index (χ3n) is 2.94. The number of amides is 1. The molecule has 1 aromatic carbocycles. The second kappa shape index (κ2) is 6.40. The van der Waals surface area contributed by atoms with Crippen molar-refractivity contribution in [2.24, 2.45) is 0 Å². The zero-order valence-corrected chi connectivity index (χ0v) is 11.5. The van der Waals surface area contributed by atoms with E-state index in [1.54, 1.807) is 6.07 Å². The molecule has 100 valence electrons. The first-order valence-electron chi connectivity index (χ1n) is 6.27. The highest BCUT2D eigenvalue weighted by atomic mass is 16.3. The molecule has 1 atom stereocenters. The highest BCUT2D eigenvalue weighted by Crippen LogP contribution is 2.28. The molecule has 1 unspecified atom stereocenters. The van der Waals surface area contributed by atoms with Crippen molar-refractivity contribution in [2.75, 3.05) is 11.9 Å². The Morgan fingerprint density at radius 1 is 1.39 bits per heavy atom. The summed E-state index contributed by atoms with van der Waals surface area (Å²) in [6.45, 7) is 8.09. The third-order valence-corrected chi connectivity index (χ3v) is 2.94. The molecule has 0 radical (unpaired) electrons. The Labute approximate surface area is 108 Å². The van der Waals surface area contributed by atoms with Gasteiger partial charge >= 0.3 is 0 Å². The Morgan fingerprint density at radius 3 is 2.67 bits per heavy atom. The molecule has 0 heterocycles. The van der Waals surface area contributed by atoms with Crippen molar-refractivity contribution >= 4 is 11.6 Å². The van der Waals surface area contributed by atoms with E-state index in [9.17, 15) is 9.90 Å². The predicted octanol–water partition coefficient (Wildman–Crippen LogP) is 2.34. The first-order chi connectivity index (χ1) is 8.43. The number of phenols is 1. The molecule has 1 rings (SSSR count). The van der Waals surface area contributed by atoms with Gasteiger partial charge in [0.15, 0.2) is 0 Å². The van der Waals surface area contributed by atoms with Crippen molar-refractivity contribution in [1.29, 1.82) is 0 Å². The average Bonchev–Trinajstić information content (AvgIpc) is 2.32. The zero-order valence-electron chi connectivity index (χ0n) is 11.5. The Morgan fingerprint density at radius 2 is 2.06 bits per heavy atom. The minimum Gasteiger partial charge on any atom is -0.505 e. The van der Waals surface area contributed by atoms with E-state index in [4.69, 9.17) is 0 Å². The van der Waals surface area contributed by atoms with Crippen LogP contribution in [-0.2, 0) is 4.79 Å². The Kier molecular flexibility index (Phi) is 5.16. The summed E-state index contributed by atoms with van der Waals surface area (Å²) in [5.41, 5.74) is 2.25. The lowest BCUT2D eigenvalue weighted by Gasteiger charge is -2.13. The predicted molar refractivity (Wildman–Crippen MR) is 74.0 cm³/mol. The fraction of sp³-hybridized carbons (Fsp3) is 0.500. The van der Waals surface area contributed by atoms with Crippen LogP contribution >= 0.6 is 0 Å². The number of carbonyl (C=O) groups excluding carboxylic acids is 1. The molecule has 0 saturated heterocycles. The highest BCUT2D eigenvalue weighted by molar-refractivity contribution is 5.94. The van der Waals surface area contributed by atoms with Crippen LogP contribution in [-0.4, -0.2) is 23.6 Å². The van der Waals surface area contributed by atoms with Crippen molar-refractivity contribution in [3.8, 4) is 5.75 Å². The van der Waals surface area contributed by atoms with Gasteiger partial charge in [-0.15, -0.1) is 0 Å². The van der Waals surface area contributed by atoms with Gasteiger partial charge in [-0.1, -0.05) is 13.0 Å². The minimum atomic E-state index is -0.143. The molecule has 4 nitrogen and oxygen atoms in total. The monoisotopic (exact) mass is 250 g/mol. The fourth-order valence-electron chi connectivity index (χ4n) is 1.66. The summed E-state index contributed by atoms with van der Waals surface area (Å²) < 4.78 is 0. The summed E-state index contributed by atoms with van der Waals surface area (Å²) >= 11 is 0. The summed E-state index contributed by atoms with van der Waals surface area (Å²) in [5.74, 6) is -0.00640. The first kappa shape index (κ1) is 14.5. The van der Waals surface area contributed by atoms with E-state index in [1.807, 2.05) is 26.8 Å². The van der Waals surface area contributed by atoms with Gasteiger partial charge < -0.3 is 15.7 Å². The van der Waals surface area contributed by atoms with Crippen LogP contribution in [0.15, 0.2) is 12.1 Å². The van der Waals surface area contributed by atoms with Gasteiger partial charge in [-0.05, 0) is 44.4 Å². The highest BCUT2D eigenvalue weighted by Gasteiger charge is 2.09. The summed E-state index contributed by atoms with van der Waals surface area (Å²) in [7, 11) is 0. The summed E-state index contributed by atoms with van der Waals surface area (Å²) in [6.07, 6.45) is 0.974. The Balaban J connectivity index is 2.65. The smallest absolute Gasteiger partial charge is 0.238 e. The molecule has 0 aromatic heterocycles. The number of aryl methyl sites for hydroxylation is 2. The molecule has 0 saturated carbocycles. The quantitative estimate of drug-likeness (QED) is 0.703. The maximum atomic E-state index is 11.7. The Bertz CT molecular complexity index is 430. The number of hydrogen-bond acceptors (Lipinski definition) is 3. The van der Waals surface area contributed by atoms with Gasteiger partial charge in [0.05, 0.1) is 12.2 Å². The standard InChI is InChI=1S/C14H22N2O2/c1-5-11(4)15-8-13(17)16-12-7-9(2)6-10(3)14(12)18/h6-7,11,15,18H,5,8H2,1-4H3,(H,16,17). The molecule has 0 spiro atoms. The van der Waals surface area contributed by atoms with Crippen LogP contribution in [0.5, 0.6) is 5.75 Å². The van der Waals surface area contributed by atoms with E-state index in [1.165, 1.54) is 0 Å². The van der Waals surface area contributed by atoms with Gasteiger partial charge in [-0.2, -0.15) is 0 Å². The van der Waals surface area contributed by atoms with Crippen LogP contribution in [0.4, 0.5) is 5.69 Å². The van der Waals surface area contributed by atoms with Gasteiger partial charge in [0, 0.05) is 6.04 Å². The molecule has 0 bridgehead atoms. The van der Waals surface area contributed by atoms with Crippen LogP contribution in [0.25, 0.3) is 0 Å². The topological polar surface area (TPSA) is 61.4 Å². The van der Waals surface area contributed by atoms with Crippen LogP contribution in [0.1, 0.15) is 31.4 Å². The number of anilines is 1. The molecule has 0 aliphatic carbocycles. The normalized spacial score (nSPS) is 12.2. The number of phenolic OH excluding ortho intramolecular Hbond substituents is 1. The van der Waals surface area contributed by atoms with E-state index in [-0.39, 0.29) is 18.2 Å². The molecule has 1 amide bonds. The summed E-state index contributed by atoms with van der Waals surface area (Å²) in [5, 5.41) is 15.7. The third kappa shape index (κ3) is 4.04. The molecule has 0 aliphatic rings. The number of rotatable bonds is 5. The van der Waals surface area contributed by atoms with Crippen LogP contribution in [0.3, 0.4) is 0 Å². The van der Waals surface area contributed by atoms with Gasteiger partial charge in [-0.3, -0.25) is 4.79 Å². The number of hydrogen-bond donors (Lipinski definition) is 3. The lowest BCUT2D eigenvalue weighted by atomic mass is 10.1. The van der Waals surface area contributed by atoms with Crippen LogP contribution in [0, 0.1) is 13.8 Å². The van der Waals surface area contributed by atoms with E-state index < -0.39 is 0 Å². The number of benzene rings is 1. The largest absolute Gasteiger partial charge is 0.505 e. The van der Waals surface area contributed by atoms with Crippen LogP contribution in [0.2, 0.25) is 0 Å². The van der Waals surface area contributed by atoms with Crippen LogP contribution < -0.4 is 10.6 Å². The van der Waals surface area contributed by atoms with E-state index in [0.717, 1.165) is 17.5 Å². The molecular formula is C14H22N2O2. The molecule has 4 heteroatoms. The second-order valence-electron chi connectivity index (χ2n) is 4.72. The van der Waals surface area contributed by atoms with Gasteiger partial charge in [-0.25, -0.2) is 0 Å². The number of nitrogens with one attached hydrogen (secondary N) is 2. The number of aromatic hydroxyl groups is 1. The maximum Gasteiger partial charge on any atom is 0.238 e. The van der Waals surface area contributed by atoms with Crippen molar-refractivity contribution in [3.05, 3.63) is 23.3 Å². The second-order valence-corrected chi connectivity index (χ2v) is 4.72. The molecule has 0 fully saturated rings. The van der Waals surface area contributed by atoms with E-state index >= 15 is 0 Å². The Hall–Kier alpha value is -1.55. The van der Waals surface area contributed by atoms with E-state index in [2.05, 4.69) is 17.6 Å². The average molecular weight is 250 g/mol. The lowest BCUT2D eigenvalue weighted by Crippen LogP contribution is -2.34. The SMILES string of the molecule is CCC(C)NCC(=O)Nc1cc(C)cc(C)c1O. The maximum absolute atomic E-state index is 11.7. The molecule has 1 aromatic rings. The summed E-state index contributed by atoms with van der Waals surface area (Å²) in [6, 6.07) is 3.95. The van der Waals surface area contributed by atoms with Crippen molar-refractivity contribution < 1.29 is 9.90 Å². The zero-order chi connectivity index (χ0) is 13.7. The molecule has 3 N–H and O–H groups in total. The first-order valence-corrected chi connectivity index (χ1v) is 6.27. The van der Waals surface area contributed by atoms with E-state index in [0.29, 0.717) is 11.7 Å². The van der Waals surface area contributed by atoms with Gasteiger partial charge in [0.2, 0.25) is 5.91 Å². The van der Waals surface area contributed by atoms with Crippen molar-refractivity contribution in [1.82, 2.24) is 5.32 Å². The van der Waals surface area contributed by atoms with Gasteiger partial charge in [0.1, 0.15) is 5.75 Å². The molecule has 0 aliphatic heterocycles. The molecular weight excluding hydrogens is 228 g/mol. The fourth-order valence-corrected chi connectivity index (χ4v) is 1.66.